The predicted molar refractivity (Wildman–Crippen MR) is 110 cm³/mol. The molecule has 0 aliphatic rings. The van der Waals surface area contributed by atoms with Gasteiger partial charge in [-0.05, 0) is 45.4 Å². The van der Waals surface area contributed by atoms with Crippen LogP contribution in [0, 0.1) is 11.3 Å². The number of aliphatic carboxylic acids is 1. The lowest BCUT2D eigenvalue weighted by atomic mass is 9.80. The summed E-state index contributed by atoms with van der Waals surface area (Å²) < 4.78 is 5.33. The number of carbonyl (C=O) groups excluding carboxylic acids is 2. The normalized spacial score (nSPS) is 15.0. The number of nitrogens with zero attached hydrogens (tertiary/aromatic N) is 1. The standard InChI is InChI=1S/C21H38N2O5/c1-11-21(8,9)16(22-19(27)28-20(5,6)7)17(24)23(10)15(13(2)3)12-14(4)18(25)26/h12-13,15-16H,11H2,1-10H3,(H,22,27)(H,25,26)/t15-,16-/m1/s1. The second-order valence-electron chi connectivity index (χ2n) is 9.26. The highest BCUT2D eigenvalue weighted by atomic mass is 16.6. The summed E-state index contributed by atoms with van der Waals surface area (Å²) in [5, 5.41) is 11.9. The zero-order valence-corrected chi connectivity index (χ0v) is 19.0. The van der Waals surface area contributed by atoms with Crippen LogP contribution in [0.15, 0.2) is 11.6 Å². The van der Waals surface area contributed by atoms with Crippen LogP contribution >= 0.6 is 0 Å². The van der Waals surface area contributed by atoms with E-state index in [0.29, 0.717) is 6.42 Å². The lowest BCUT2D eigenvalue weighted by Gasteiger charge is -2.38. The summed E-state index contributed by atoms with van der Waals surface area (Å²) in [6.07, 6.45) is 1.58. The van der Waals surface area contributed by atoms with Crippen molar-refractivity contribution in [1.82, 2.24) is 10.2 Å². The van der Waals surface area contributed by atoms with Crippen LogP contribution in [0.1, 0.15) is 68.7 Å². The maximum atomic E-state index is 13.3. The van der Waals surface area contributed by atoms with E-state index in [9.17, 15) is 19.5 Å². The molecule has 162 valence electrons. The highest BCUT2D eigenvalue weighted by Crippen LogP contribution is 2.28. The molecule has 0 spiro atoms. The number of hydrogen-bond donors (Lipinski definition) is 2. The molecule has 0 fully saturated rings. The highest BCUT2D eigenvalue weighted by Gasteiger charge is 2.39. The van der Waals surface area contributed by atoms with Gasteiger partial charge in [-0.1, -0.05) is 40.7 Å². The molecule has 0 radical (unpaired) electrons. The van der Waals surface area contributed by atoms with Crippen molar-refractivity contribution < 1.29 is 24.2 Å². The fraction of sp³-hybridized carbons (Fsp3) is 0.762. The van der Waals surface area contributed by atoms with Crippen LogP contribution in [0.2, 0.25) is 0 Å². The summed E-state index contributed by atoms with van der Waals surface area (Å²) in [6.45, 7) is 16.4. The Morgan fingerprint density at radius 1 is 1.14 bits per heavy atom. The van der Waals surface area contributed by atoms with Gasteiger partial charge in [0.05, 0.1) is 6.04 Å². The summed E-state index contributed by atoms with van der Waals surface area (Å²) in [5.74, 6) is -1.31. The number of hydrogen-bond acceptors (Lipinski definition) is 4. The molecule has 0 aromatic rings. The Morgan fingerprint density at radius 2 is 1.64 bits per heavy atom. The van der Waals surface area contributed by atoms with E-state index in [4.69, 9.17) is 4.74 Å². The second kappa shape index (κ2) is 9.94. The van der Waals surface area contributed by atoms with E-state index in [1.165, 1.54) is 11.8 Å². The number of carboxylic acid groups (broad SMARTS) is 1. The van der Waals surface area contributed by atoms with Crippen molar-refractivity contribution in [2.75, 3.05) is 7.05 Å². The molecule has 2 atom stereocenters. The van der Waals surface area contributed by atoms with Crippen molar-refractivity contribution in [3.8, 4) is 0 Å². The summed E-state index contributed by atoms with van der Waals surface area (Å²) >= 11 is 0. The smallest absolute Gasteiger partial charge is 0.408 e. The molecule has 0 saturated heterocycles. The van der Waals surface area contributed by atoms with Crippen molar-refractivity contribution in [2.45, 2.75) is 86.4 Å². The zero-order chi connectivity index (χ0) is 22.4. The van der Waals surface area contributed by atoms with Crippen LogP contribution in [0.25, 0.3) is 0 Å². The average Bonchev–Trinajstić information content (AvgIpc) is 2.53. The number of likely N-dealkylation sites (N-methyl/N-ethyl adjacent to an activating group) is 1. The van der Waals surface area contributed by atoms with Crippen LogP contribution in [-0.4, -0.2) is 52.7 Å². The van der Waals surface area contributed by atoms with Gasteiger partial charge in [0.25, 0.3) is 0 Å². The highest BCUT2D eigenvalue weighted by molar-refractivity contribution is 5.88. The van der Waals surface area contributed by atoms with E-state index in [2.05, 4.69) is 5.32 Å². The largest absolute Gasteiger partial charge is 0.478 e. The van der Waals surface area contributed by atoms with E-state index in [-0.39, 0.29) is 17.4 Å². The number of amides is 2. The van der Waals surface area contributed by atoms with Gasteiger partial charge in [0, 0.05) is 12.6 Å². The molecular weight excluding hydrogens is 360 g/mol. The van der Waals surface area contributed by atoms with Gasteiger partial charge in [0.2, 0.25) is 5.91 Å². The van der Waals surface area contributed by atoms with Crippen LogP contribution in [0.5, 0.6) is 0 Å². The van der Waals surface area contributed by atoms with Crippen LogP contribution < -0.4 is 5.32 Å². The van der Waals surface area contributed by atoms with Gasteiger partial charge in [-0.3, -0.25) is 4.79 Å². The quantitative estimate of drug-likeness (QED) is 0.606. The predicted octanol–water partition coefficient (Wildman–Crippen LogP) is 3.83. The first kappa shape index (κ1) is 26.0. The minimum absolute atomic E-state index is 0.00448. The van der Waals surface area contributed by atoms with Gasteiger partial charge < -0.3 is 20.1 Å². The zero-order valence-electron chi connectivity index (χ0n) is 19.0. The maximum Gasteiger partial charge on any atom is 0.408 e. The molecule has 0 rings (SSSR count). The van der Waals surface area contributed by atoms with Crippen molar-refractivity contribution >= 4 is 18.0 Å². The Balaban J connectivity index is 5.82. The van der Waals surface area contributed by atoms with Gasteiger partial charge >= 0.3 is 12.1 Å². The molecule has 0 unspecified atom stereocenters. The third-order valence-corrected chi connectivity index (χ3v) is 4.84. The Kier molecular flexibility index (Phi) is 9.21. The molecule has 0 bridgehead atoms. The van der Waals surface area contributed by atoms with Crippen molar-refractivity contribution in [3.05, 3.63) is 11.6 Å². The molecule has 7 heteroatoms. The minimum Gasteiger partial charge on any atom is -0.478 e. The van der Waals surface area contributed by atoms with Gasteiger partial charge in [-0.15, -0.1) is 0 Å². The molecule has 0 heterocycles. The first-order chi connectivity index (χ1) is 12.5. The molecule has 0 aliphatic carbocycles. The average molecular weight is 399 g/mol. The third kappa shape index (κ3) is 7.90. The van der Waals surface area contributed by atoms with Crippen molar-refractivity contribution in [3.63, 3.8) is 0 Å². The van der Waals surface area contributed by atoms with E-state index >= 15 is 0 Å². The van der Waals surface area contributed by atoms with Crippen molar-refractivity contribution in [2.24, 2.45) is 11.3 Å². The summed E-state index contributed by atoms with van der Waals surface area (Å²) in [6, 6.07) is -1.23. The van der Waals surface area contributed by atoms with Crippen molar-refractivity contribution in [1.29, 1.82) is 0 Å². The first-order valence-electron chi connectivity index (χ1n) is 9.71. The van der Waals surface area contributed by atoms with E-state index < -0.39 is 35.2 Å². The van der Waals surface area contributed by atoms with Gasteiger partial charge in [0.15, 0.2) is 0 Å². The Labute approximate surface area is 169 Å². The Hall–Kier alpha value is -2.05. The Morgan fingerprint density at radius 3 is 2.00 bits per heavy atom. The SMILES string of the molecule is CCC(C)(C)[C@H](NC(=O)OC(C)(C)C)C(=O)N(C)[C@H](C=C(C)C(=O)O)C(C)C. The lowest BCUT2D eigenvalue weighted by Crippen LogP contribution is -2.57. The fourth-order valence-corrected chi connectivity index (χ4v) is 2.65. The fourth-order valence-electron chi connectivity index (χ4n) is 2.65. The van der Waals surface area contributed by atoms with E-state index in [1.54, 1.807) is 33.9 Å². The molecule has 0 aliphatic heterocycles. The summed E-state index contributed by atoms with van der Waals surface area (Å²) in [7, 11) is 1.63. The molecule has 7 nitrogen and oxygen atoms in total. The van der Waals surface area contributed by atoms with Crippen LogP contribution in [-0.2, 0) is 14.3 Å². The topological polar surface area (TPSA) is 95.9 Å². The summed E-state index contributed by atoms with van der Waals surface area (Å²) in [4.78, 5) is 38.4. The Bertz CT molecular complexity index is 602. The molecule has 2 N–H and O–H groups in total. The van der Waals surface area contributed by atoms with Gasteiger partial charge in [-0.25, -0.2) is 9.59 Å². The third-order valence-electron chi connectivity index (χ3n) is 4.84. The minimum atomic E-state index is -1.02. The lowest BCUT2D eigenvalue weighted by molar-refractivity contribution is -0.137. The second-order valence-corrected chi connectivity index (χ2v) is 9.26. The summed E-state index contributed by atoms with van der Waals surface area (Å²) in [5.41, 5.74) is -1.03. The van der Waals surface area contributed by atoms with Crippen LogP contribution in [0.3, 0.4) is 0 Å². The number of carbonyl (C=O) groups is 3. The van der Waals surface area contributed by atoms with E-state index in [1.807, 2.05) is 34.6 Å². The molecule has 0 aromatic carbocycles. The van der Waals surface area contributed by atoms with Gasteiger partial charge in [-0.2, -0.15) is 0 Å². The number of alkyl carbamates (subject to hydrolysis) is 1. The number of ether oxygens (including phenoxy) is 1. The number of nitrogens with one attached hydrogen (secondary N) is 1. The molecule has 28 heavy (non-hydrogen) atoms. The van der Waals surface area contributed by atoms with E-state index in [0.717, 1.165) is 0 Å². The number of rotatable bonds is 8. The monoisotopic (exact) mass is 398 g/mol. The van der Waals surface area contributed by atoms with Crippen LogP contribution in [0.4, 0.5) is 4.79 Å². The first-order valence-corrected chi connectivity index (χ1v) is 9.71. The molecule has 2 amide bonds. The maximum absolute atomic E-state index is 13.3. The molecule has 0 aromatic heterocycles. The number of carboxylic acids is 1. The van der Waals surface area contributed by atoms with Gasteiger partial charge in [0.1, 0.15) is 11.6 Å². The molecular formula is C21H38N2O5. The molecule has 0 saturated carbocycles.